The minimum absolute atomic E-state index is 0.103. The van der Waals surface area contributed by atoms with E-state index in [1.165, 1.54) is 18.3 Å². The molecule has 0 saturated carbocycles. The Morgan fingerprint density at radius 2 is 1.77 bits per heavy atom. The van der Waals surface area contributed by atoms with Crippen molar-refractivity contribution in [2.24, 2.45) is 4.99 Å². The quantitative estimate of drug-likeness (QED) is 0.259. The second-order valence-electron chi connectivity index (χ2n) is 8.92. The molecule has 0 aliphatic carbocycles. The van der Waals surface area contributed by atoms with Gasteiger partial charge in [0.25, 0.3) is 5.56 Å². The first-order valence-corrected chi connectivity index (χ1v) is 14.2. The minimum atomic E-state index is -0.616. The molecule has 0 fully saturated rings. The van der Waals surface area contributed by atoms with Crippen LogP contribution in [0.15, 0.2) is 92.6 Å². The van der Waals surface area contributed by atoms with Crippen LogP contribution in [0.2, 0.25) is 0 Å². The highest BCUT2D eigenvalue weighted by molar-refractivity contribution is 9.10. The van der Waals surface area contributed by atoms with Gasteiger partial charge in [-0.05, 0) is 43.2 Å². The Morgan fingerprint density at radius 3 is 2.42 bits per heavy atom. The Balaban J connectivity index is 1.75. The Morgan fingerprint density at radius 1 is 1.10 bits per heavy atom. The van der Waals surface area contributed by atoms with Gasteiger partial charge >= 0.3 is 0 Å². The molecule has 8 heteroatoms. The van der Waals surface area contributed by atoms with Crippen LogP contribution in [0.3, 0.4) is 0 Å². The van der Waals surface area contributed by atoms with E-state index in [2.05, 4.69) is 21.9 Å². The molecule has 0 spiro atoms. The zero-order chi connectivity index (χ0) is 28.2. The first-order valence-electron chi connectivity index (χ1n) is 12.6. The Kier molecular flexibility index (Phi) is 8.15. The number of ketones is 1. The van der Waals surface area contributed by atoms with Crippen LogP contribution in [0, 0.1) is 12.3 Å². The van der Waals surface area contributed by atoms with Gasteiger partial charge in [0, 0.05) is 15.6 Å². The summed E-state index contributed by atoms with van der Waals surface area (Å²) in [6.45, 7) is 3.94. The molecule has 0 unspecified atom stereocenters. The molecular weight excluding hydrogens is 588 g/mol. The molecule has 0 amide bonds. The zero-order valence-corrected chi connectivity index (χ0v) is 24.3. The third-order valence-electron chi connectivity index (χ3n) is 6.33. The summed E-state index contributed by atoms with van der Waals surface area (Å²) in [5, 5.41) is 0. The van der Waals surface area contributed by atoms with E-state index >= 15 is 0 Å². The molecule has 200 valence electrons. The topological polar surface area (TPSA) is 69.9 Å². The number of benzene rings is 3. The van der Waals surface area contributed by atoms with Crippen molar-refractivity contribution in [1.29, 1.82) is 0 Å². The molecule has 0 N–H and O–H groups in total. The van der Waals surface area contributed by atoms with Gasteiger partial charge < -0.3 is 9.47 Å². The molecule has 6 nitrogen and oxygen atoms in total. The number of ether oxygens (including phenoxy) is 2. The molecule has 4 aromatic rings. The lowest BCUT2D eigenvalue weighted by atomic mass is 9.91. The Labute approximate surface area is 244 Å². The number of terminal acetylenes is 1. The van der Waals surface area contributed by atoms with Gasteiger partial charge in [-0.15, -0.1) is 6.42 Å². The predicted molar refractivity (Wildman–Crippen MR) is 161 cm³/mol. The number of aromatic nitrogens is 1. The van der Waals surface area contributed by atoms with E-state index in [-0.39, 0.29) is 17.9 Å². The van der Waals surface area contributed by atoms with Crippen LogP contribution < -0.4 is 24.4 Å². The van der Waals surface area contributed by atoms with E-state index < -0.39 is 6.04 Å². The SMILES string of the molecule is C#CCOc1cc(Br)c(/C=c2\sc3n(c2=O)[C@@H](c2ccccc2)C(C(C)=O)=C(c2ccccc2)N=3)cc1OCC. The summed E-state index contributed by atoms with van der Waals surface area (Å²) >= 11 is 4.87. The van der Waals surface area contributed by atoms with E-state index in [9.17, 15) is 9.59 Å². The molecule has 3 aromatic carbocycles. The van der Waals surface area contributed by atoms with Crippen LogP contribution in [-0.2, 0) is 4.79 Å². The lowest BCUT2D eigenvalue weighted by Gasteiger charge is -2.25. The van der Waals surface area contributed by atoms with E-state index in [4.69, 9.17) is 20.9 Å². The van der Waals surface area contributed by atoms with Crippen molar-refractivity contribution < 1.29 is 14.3 Å². The lowest BCUT2D eigenvalue weighted by Crippen LogP contribution is -2.39. The number of hydrogen-bond donors (Lipinski definition) is 0. The largest absolute Gasteiger partial charge is 0.490 e. The van der Waals surface area contributed by atoms with Crippen LogP contribution in [0.4, 0.5) is 0 Å². The van der Waals surface area contributed by atoms with E-state index in [0.29, 0.717) is 43.2 Å². The van der Waals surface area contributed by atoms with Crippen LogP contribution in [-0.4, -0.2) is 23.6 Å². The highest BCUT2D eigenvalue weighted by atomic mass is 79.9. The molecule has 5 rings (SSSR count). The maximum absolute atomic E-state index is 14.0. The fraction of sp³-hybridized carbons (Fsp3) is 0.156. The number of thiazole rings is 1. The fourth-order valence-electron chi connectivity index (χ4n) is 4.64. The summed E-state index contributed by atoms with van der Waals surface area (Å²) in [5.41, 5.74) is 3.19. The highest BCUT2D eigenvalue weighted by Crippen LogP contribution is 2.36. The average Bonchev–Trinajstić information content (AvgIpc) is 3.28. The van der Waals surface area contributed by atoms with Crippen LogP contribution in [0.1, 0.15) is 36.6 Å². The van der Waals surface area contributed by atoms with Crippen molar-refractivity contribution >= 4 is 44.8 Å². The van der Waals surface area contributed by atoms with Gasteiger partial charge in [0.1, 0.15) is 6.61 Å². The smallest absolute Gasteiger partial charge is 0.271 e. The predicted octanol–water partition coefficient (Wildman–Crippen LogP) is 5.13. The van der Waals surface area contributed by atoms with Crippen molar-refractivity contribution in [3.05, 3.63) is 119 Å². The van der Waals surface area contributed by atoms with Crippen molar-refractivity contribution in [3.63, 3.8) is 0 Å². The summed E-state index contributed by atoms with van der Waals surface area (Å²) < 4.78 is 14.2. The maximum atomic E-state index is 14.0. The molecule has 0 saturated heterocycles. The number of rotatable bonds is 8. The Hall–Kier alpha value is -4.19. The average molecular weight is 614 g/mol. The summed E-state index contributed by atoms with van der Waals surface area (Å²) in [4.78, 5) is 32.5. The van der Waals surface area contributed by atoms with Gasteiger partial charge in [-0.3, -0.25) is 14.2 Å². The lowest BCUT2D eigenvalue weighted by molar-refractivity contribution is -0.113. The van der Waals surface area contributed by atoms with Crippen LogP contribution >= 0.6 is 27.3 Å². The van der Waals surface area contributed by atoms with Gasteiger partial charge in [0.05, 0.1) is 22.9 Å². The third kappa shape index (κ3) is 5.31. The number of fused-ring (bicyclic) bond motifs is 1. The molecule has 2 heterocycles. The number of Topliss-reactive ketones (excluding diaryl/α,β-unsaturated/α-hetero) is 1. The summed E-state index contributed by atoms with van der Waals surface area (Å²) in [6.07, 6.45) is 7.16. The van der Waals surface area contributed by atoms with Crippen molar-refractivity contribution in [3.8, 4) is 23.8 Å². The summed E-state index contributed by atoms with van der Waals surface area (Å²) in [5.74, 6) is 3.34. The zero-order valence-electron chi connectivity index (χ0n) is 21.9. The number of nitrogens with zero attached hydrogens (tertiary/aromatic N) is 2. The van der Waals surface area contributed by atoms with Crippen LogP contribution in [0.25, 0.3) is 11.8 Å². The summed E-state index contributed by atoms with van der Waals surface area (Å²) in [6, 6.07) is 22.1. The monoisotopic (exact) mass is 612 g/mol. The van der Waals surface area contributed by atoms with Crippen molar-refractivity contribution in [2.45, 2.75) is 19.9 Å². The maximum Gasteiger partial charge on any atom is 0.271 e. The van der Waals surface area contributed by atoms with Gasteiger partial charge in [-0.1, -0.05) is 93.9 Å². The highest BCUT2D eigenvalue weighted by Gasteiger charge is 2.32. The number of carbonyl (C=O) groups is 1. The molecule has 1 atom stereocenters. The fourth-order valence-corrected chi connectivity index (χ4v) is 6.07. The molecular formula is C32H25BrN2O4S. The van der Waals surface area contributed by atoms with E-state index in [1.807, 2.05) is 73.7 Å². The minimum Gasteiger partial charge on any atom is -0.490 e. The first kappa shape index (κ1) is 27.4. The van der Waals surface area contributed by atoms with Gasteiger partial charge in [-0.25, -0.2) is 4.99 Å². The second-order valence-corrected chi connectivity index (χ2v) is 10.8. The Bertz CT molecular complexity index is 1830. The van der Waals surface area contributed by atoms with Crippen molar-refractivity contribution in [2.75, 3.05) is 13.2 Å². The second kappa shape index (κ2) is 11.9. The van der Waals surface area contributed by atoms with E-state index in [1.54, 1.807) is 16.7 Å². The van der Waals surface area contributed by atoms with Crippen molar-refractivity contribution in [1.82, 2.24) is 4.57 Å². The molecule has 0 bridgehead atoms. The summed E-state index contributed by atoms with van der Waals surface area (Å²) in [7, 11) is 0. The standard InChI is InChI=1S/C32H25BrN2O4S/c1-4-16-39-26-19-24(33)23(17-25(26)38-5-2)18-27-31(37)35-30(22-14-10-7-11-15-22)28(20(3)36)29(34-32(35)40-27)21-12-8-6-9-13-21/h1,6-15,17-19,30H,5,16H2,2-3H3/b27-18-/t30-/m0/s1. The van der Waals surface area contributed by atoms with Crippen LogP contribution in [0.5, 0.6) is 11.5 Å². The number of halogens is 1. The van der Waals surface area contributed by atoms with Gasteiger partial charge in [0.2, 0.25) is 0 Å². The molecule has 0 radical (unpaired) electrons. The molecule has 40 heavy (non-hydrogen) atoms. The van der Waals surface area contributed by atoms with E-state index in [0.717, 1.165) is 16.7 Å². The van der Waals surface area contributed by atoms with Gasteiger partial charge in [-0.2, -0.15) is 0 Å². The molecule has 1 aromatic heterocycles. The number of hydrogen-bond acceptors (Lipinski definition) is 6. The van der Waals surface area contributed by atoms with Gasteiger partial charge in [0.15, 0.2) is 22.1 Å². The first-order chi connectivity index (χ1) is 19.4. The normalized spacial score (nSPS) is 14.8. The number of carbonyl (C=O) groups excluding carboxylic acids is 1. The third-order valence-corrected chi connectivity index (χ3v) is 8.00. The molecule has 1 aliphatic rings. The molecule has 1 aliphatic heterocycles. The number of allylic oxidation sites excluding steroid dienone is 1.